The molecule has 0 saturated carbocycles. The van der Waals surface area contributed by atoms with E-state index >= 15 is 0 Å². The minimum absolute atomic E-state index is 0.0491. The number of hydrogen-bond acceptors (Lipinski definition) is 2. The molecule has 0 bridgehead atoms. The average molecular weight is 358 g/mol. The van der Waals surface area contributed by atoms with Gasteiger partial charge in [-0.05, 0) is 49.8 Å². The highest BCUT2D eigenvalue weighted by molar-refractivity contribution is 6.35. The zero-order chi connectivity index (χ0) is 16.8. The minimum atomic E-state index is -0.809. The molecule has 1 heterocycles. The Morgan fingerprint density at radius 2 is 2.00 bits per heavy atom. The number of hydrogen-bond donors (Lipinski definition) is 1. The van der Waals surface area contributed by atoms with E-state index < -0.39 is 5.97 Å². The molecule has 23 heavy (non-hydrogen) atoms. The molecule has 0 radical (unpaired) electrons. The summed E-state index contributed by atoms with van der Waals surface area (Å²) in [7, 11) is 0. The molecule has 1 fully saturated rings. The summed E-state index contributed by atoms with van der Waals surface area (Å²) in [4.78, 5) is 25.1. The van der Waals surface area contributed by atoms with E-state index in [4.69, 9.17) is 28.3 Å². The predicted molar refractivity (Wildman–Crippen MR) is 91.0 cm³/mol. The van der Waals surface area contributed by atoms with E-state index in [1.807, 2.05) is 11.0 Å². The minimum Gasteiger partial charge on any atom is -0.481 e. The van der Waals surface area contributed by atoms with E-state index in [-0.39, 0.29) is 18.4 Å². The van der Waals surface area contributed by atoms with Crippen molar-refractivity contribution < 1.29 is 14.7 Å². The van der Waals surface area contributed by atoms with Crippen LogP contribution in [-0.4, -0.2) is 34.5 Å². The van der Waals surface area contributed by atoms with Crippen LogP contribution in [0.4, 0.5) is 0 Å². The number of halogens is 2. The molecule has 2 rings (SSSR count). The van der Waals surface area contributed by atoms with Crippen molar-refractivity contribution in [3.05, 3.63) is 33.8 Å². The van der Waals surface area contributed by atoms with Crippen LogP contribution in [0.2, 0.25) is 10.0 Å². The normalized spacial score (nSPS) is 18.0. The predicted octanol–water partition coefficient (Wildman–Crippen LogP) is 4.17. The maximum Gasteiger partial charge on any atom is 0.303 e. The lowest BCUT2D eigenvalue weighted by atomic mass is 9.97. The molecule has 0 aliphatic carbocycles. The number of aliphatic carboxylic acids is 1. The fourth-order valence-electron chi connectivity index (χ4n) is 3.03. The maximum atomic E-state index is 12.5. The summed E-state index contributed by atoms with van der Waals surface area (Å²) < 4.78 is 0. The molecule has 1 aliphatic rings. The van der Waals surface area contributed by atoms with Gasteiger partial charge < -0.3 is 10.0 Å². The Labute approximate surface area is 146 Å². The lowest BCUT2D eigenvalue weighted by Crippen LogP contribution is -2.44. The van der Waals surface area contributed by atoms with Crippen LogP contribution >= 0.6 is 23.2 Å². The molecule has 0 spiro atoms. The molecule has 6 heteroatoms. The summed E-state index contributed by atoms with van der Waals surface area (Å²) >= 11 is 12.0. The second-order valence-electron chi connectivity index (χ2n) is 5.90. The lowest BCUT2D eigenvalue weighted by Gasteiger charge is -2.36. The van der Waals surface area contributed by atoms with E-state index in [0.717, 1.165) is 31.4 Å². The molecule has 1 aliphatic heterocycles. The quantitative estimate of drug-likeness (QED) is 0.830. The highest BCUT2D eigenvalue weighted by atomic mass is 35.5. The molecule has 0 aromatic heterocycles. The third-order valence-electron chi connectivity index (χ3n) is 4.26. The summed E-state index contributed by atoms with van der Waals surface area (Å²) in [6.07, 6.45) is 4.51. The molecular formula is C17H21Cl2NO3. The van der Waals surface area contributed by atoms with Crippen LogP contribution in [0.5, 0.6) is 0 Å². The SMILES string of the molecule is O=C(O)CCC1CCCCN1C(=O)CCc1ccc(Cl)cc1Cl. The van der Waals surface area contributed by atoms with Gasteiger partial charge >= 0.3 is 5.97 Å². The average Bonchev–Trinajstić information content (AvgIpc) is 2.52. The Hall–Kier alpha value is -1.26. The summed E-state index contributed by atoms with van der Waals surface area (Å²) in [6.45, 7) is 0.720. The Morgan fingerprint density at radius 1 is 1.22 bits per heavy atom. The van der Waals surface area contributed by atoms with E-state index in [2.05, 4.69) is 0 Å². The van der Waals surface area contributed by atoms with Crippen molar-refractivity contribution in [2.24, 2.45) is 0 Å². The van der Waals surface area contributed by atoms with Crippen LogP contribution in [0.15, 0.2) is 18.2 Å². The summed E-state index contributed by atoms with van der Waals surface area (Å²) in [5, 5.41) is 10.00. The van der Waals surface area contributed by atoms with Crippen molar-refractivity contribution >= 4 is 35.1 Å². The number of piperidine rings is 1. The Morgan fingerprint density at radius 3 is 2.70 bits per heavy atom. The number of carboxylic acids is 1. The first-order valence-electron chi connectivity index (χ1n) is 7.92. The number of carboxylic acid groups (broad SMARTS) is 1. The van der Waals surface area contributed by atoms with Crippen LogP contribution in [0.1, 0.15) is 44.1 Å². The highest BCUT2D eigenvalue weighted by Crippen LogP contribution is 2.25. The number of aryl methyl sites for hydroxylation is 1. The third-order valence-corrected chi connectivity index (χ3v) is 4.85. The molecule has 126 valence electrons. The first-order chi connectivity index (χ1) is 11.0. The zero-order valence-electron chi connectivity index (χ0n) is 12.9. The maximum absolute atomic E-state index is 12.5. The van der Waals surface area contributed by atoms with Gasteiger partial charge in [-0.1, -0.05) is 29.3 Å². The standard InChI is InChI=1S/C17H21Cl2NO3/c18-13-6-4-12(15(19)11-13)5-8-16(21)20-10-2-1-3-14(20)7-9-17(22)23/h4,6,11,14H,1-3,5,7-10H2,(H,22,23). The van der Waals surface area contributed by atoms with Gasteiger partial charge in [0.1, 0.15) is 0 Å². The van der Waals surface area contributed by atoms with Crippen molar-refractivity contribution in [2.45, 2.75) is 51.0 Å². The second-order valence-corrected chi connectivity index (χ2v) is 6.75. The number of likely N-dealkylation sites (tertiary alicyclic amines) is 1. The van der Waals surface area contributed by atoms with Gasteiger partial charge in [-0.2, -0.15) is 0 Å². The van der Waals surface area contributed by atoms with Gasteiger partial charge in [0.15, 0.2) is 0 Å². The fraction of sp³-hybridized carbons (Fsp3) is 0.529. The summed E-state index contributed by atoms with van der Waals surface area (Å²) in [5.74, 6) is -0.734. The third kappa shape index (κ3) is 5.40. The second kappa shape index (κ2) is 8.55. The lowest BCUT2D eigenvalue weighted by molar-refractivity contribution is -0.140. The van der Waals surface area contributed by atoms with E-state index in [1.54, 1.807) is 12.1 Å². The molecule has 1 N–H and O–H groups in total. The highest BCUT2D eigenvalue weighted by Gasteiger charge is 2.26. The first kappa shape index (κ1) is 18.1. The molecule has 4 nitrogen and oxygen atoms in total. The van der Waals surface area contributed by atoms with Crippen molar-refractivity contribution in [1.29, 1.82) is 0 Å². The Balaban J connectivity index is 1.93. The molecule has 1 unspecified atom stereocenters. The van der Waals surface area contributed by atoms with E-state index in [1.165, 1.54) is 0 Å². The number of nitrogens with zero attached hydrogens (tertiary/aromatic N) is 1. The largest absolute Gasteiger partial charge is 0.481 e. The van der Waals surface area contributed by atoms with Crippen LogP contribution in [0.3, 0.4) is 0 Å². The molecule has 1 aromatic carbocycles. The van der Waals surface area contributed by atoms with Crippen molar-refractivity contribution in [3.8, 4) is 0 Å². The van der Waals surface area contributed by atoms with E-state index in [0.29, 0.717) is 29.3 Å². The van der Waals surface area contributed by atoms with Gasteiger partial charge in [0.2, 0.25) is 5.91 Å². The number of rotatable bonds is 6. The van der Waals surface area contributed by atoms with Gasteiger partial charge in [-0.3, -0.25) is 9.59 Å². The van der Waals surface area contributed by atoms with Crippen molar-refractivity contribution in [2.75, 3.05) is 6.54 Å². The zero-order valence-corrected chi connectivity index (χ0v) is 14.4. The number of carbonyl (C=O) groups is 2. The summed E-state index contributed by atoms with van der Waals surface area (Å²) in [6, 6.07) is 5.34. The first-order valence-corrected chi connectivity index (χ1v) is 8.68. The molecule has 1 atom stereocenters. The van der Waals surface area contributed by atoms with E-state index in [9.17, 15) is 9.59 Å². The fourth-order valence-corrected chi connectivity index (χ4v) is 3.53. The molecule has 1 saturated heterocycles. The Kier molecular flexibility index (Phi) is 6.72. The number of amides is 1. The monoisotopic (exact) mass is 357 g/mol. The van der Waals surface area contributed by atoms with Gasteiger partial charge in [-0.25, -0.2) is 0 Å². The van der Waals surface area contributed by atoms with Crippen LogP contribution in [0.25, 0.3) is 0 Å². The number of carbonyl (C=O) groups excluding carboxylic acids is 1. The van der Waals surface area contributed by atoms with Crippen LogP contribution < -0.4 is 0 Å². The van der Waals surface area contributed by atoms with Crippen LogP contribution in [0, 0.1) is 0 Å². The molecule has 1 aromatic rings. The summed E-state index contributed by atoms with van der Waals surface area (Å²) in [5.41, 5.74) is 0.906. The van der Waals surface area contributed by atoms with Gasteiger partial charge in [-0.15, -0.1) is 0 Å². The topological polar surface area (TPSA) is 57.6 Å². The van der Waals surface area contributed by atoms with Gasteiger partial charge in [0.25, 0.3) is 0 Å². The van der Waals surface area contributed by atoms with Crippen molar-refractivity contribution in [1.82, 2.24) is 4.90 Å². The molecule has 1 amide bonds. The van der Waals surface area contributed by atoms with Gasteiger partial charge in [0, 0.05) is 35.5 Å². The van der Waals surface area contributed by atoms with Crippen LogP contribution in [-0.2, 0) is 16.0 Å². The molecular weight excluding hydrogens is 337 g/mol. The smallest absolute Gasteiger partial charge is 0.303 e. The Bertz CT molecular complexity index is 577. The van der Waals surface area contributed by atoms with Crippen molar-refractivity contribution in [3.63, 3.8) is 0 Å². The van der Waals surface area contributed by atoms with Gasteiger partial charge in [0.05, 0.1) is 0 Å². The number of benzene rings is 1.